The molecule has 0 aromatic heterocycles. The predicted octanol–water partition coefficient (Wildman–Crippen LogP) is 9.22. The van der Waals surface area contributed by atoms with E-state index in [0.717, 1.165) is 47.3 Å². The van der Waals surface area contributed by atoms with Crippen LogP contribution in [0, 0.1) is 47.3 Å². The van der Waals surface area contributed by atoms with Gasteiger partial charge in [0.25, 0.3) is 0 Å². The summed E-state index contributed by atoms with van der Waals surface area (Å²) in [6, 6.07) is 17.1. The third kappa shape index (κ3) is 3.18. The monoisotopic (exact) mass is 474 g/mol. The molecule has 9 aliphatic rings. The summed E-state index contributed by atoms with van der Waals surface area (Å²) >= 11 is 0. The minimum Gasteiger partial charge on any atom is -0.0649 e. The number of allylic oxidation sites excluding steroid dienone is 1. The summed E-state index contributed by atoms with van der Waals surface area (Å²) in [4.78, 5) is 0. The molecular formula is C36H42. The van der Waals surface area contributed by atoms with E-state index in [0.29, 0.717) is 5.41 Å². The van der Waals surface area contributed by atoms with Crippen molar-refractivity contribution in [3.63, 3.8) is 0 Å². The predicted molar refractivity (Wildman–Crippen MR) is 149 cm³/mol. The lowest BCUT2D eigenvalue weighted by Gasteiger charge is -2.57. The van der Waals surface area contributed by atoms with Crippen molar-refractivity contribution in [3.8, 4) is 11.1 Å². The highest BCUT2D eigenvalue weighted by atomic mass is 14.6. The van der Waals surface area contributed by atoms with E-state index in [1.165, 1.54) is 62.5 Å². The Balaban J connectivity index is 0.986. The van der Waals surface area contributed by atoms with Crippen LogP contribution in [0.3, 0.4) is 0 Å². The second kappa shape index (κ2) is 7.61. The van der Waals surface area contributed by atoms with Crippen LogP contribution < -0.4 is 0 Å². The standard InChI is InChI=1S/C36H42/c1-2-29-12-24(17-34-30-13-22-8-23(15-30)16-31(34)14-22)18-35(29)33(3-1)28-4-6-32(7-5-28)36-19-25-9-26(20-36)11-27(10-25)21-36/h1-7,18,22-23,25-27,30-31,34H,8-17,19-21H2. The molecule has 0 saturated heterocycles. The van der Waals surface area contributed by atoms with Crippen LogP contribution in [0.25, 0.3) is 17.2 Å². The molecule has 0 unspecified atom stereocenters. The number of fused-ring (bicyclic) bond motifs is 1. The van der Waals surface area contributed by atoms with E-state index in [2.05, 4.69) is 48.5 Å². The van der Waals surface area contributed by atoms with Crippen molar-refractivity contribution in [2.45, 2.75) is 88.9 Å². The molecule has 0 N–H and O–H groups in total. The van der Waals surface area contributed by atoms with E-state index in [1.54, 1.807) is 54.4 Å². The number of rotatable bonds is 4. The molecular weight excluding hydrogens is 432 g/mol. The highest BCUT2D eigenvalue weighted by molar-refractivity contribution is 5.81. The molecule has 0 spiro atoms. The zero-order valence-electron chi connectivity index (χ0n) is 21.9. The van der Waals surface area contributed by atoms with Crippen LogP contribution >= 0.6 is 0 Å². The largest absolute Gasteiger partial charge is 0.0649 e. The summed E-state index contributed by atoms with van der Waals surface area (Å²) in [5, 5.41) is 0. The first kappa shape index (κ1) is 21.2. The molecule has 0 heteroatoms. The molecule has 0 nitrogen and oxygen atoms in total. The Morgan fingerprint density at radius 2 is 1.25 bits per heavy atom. The van der Waals surface area contributed by atoms with Gasteiger partial charge in [0.2, 0.25) is 0 Å². The maximum absolute atomic E-state index is 2.63. The van der Waals surface area contributed by atoms with Gasteiger partial charge in [-0.3, -0.25) is 0 Å². The third-order valence-corrected chi connectivity index (χ3v) is 12.7. The first-order chi connectivity index (χ1) is 17.7. The van der Waals surface area contributed by atoms with E-state index in [4.69, 9.17) is 0 Å². The van der Waals surface area contributed by atoms with Gasteiger partial charge >= 0.3 is 0 Å². The van der Waals surface area contributed by atoms with E-state index < -0.39 is 0 Å². The van der Waals surface area contributed by atoms with Gasteiger partial charge in [-0.2, -0.15) is 0 Å². The second-order valence-corrected chi connectivity index (χ2v) is 14.9. The van der Waals surface area contributed by atoms with Gasteiger partial charge in [-0.15, -0.1) is 0 Å². The summed E-state index contributed by atoms with van der Waals surface area (Å²) in [6.07, 6.45) is 22.0. The van der Waals surface area contributed by atoms with Crippen LogP contribution in [0.5, 0.6) is 0 Å². The fourth-order valence-corrected chi connectivity index (χ4v) is 12.0. The lowest BCUT2D eigenvalue weighted by molar-refractivity contribution is -0.0360. The van der Waals surface area contributed by atoms with Crippen LogP contribution in [0.4, 0.5) is 0 Å². The van der Waals surface area contributed by atoms with E-state index in [-0.39, 0.29) is 0 Å². The van der Waals surface area contributed by atoms with Crippen molar-refractivity contribution in [1.29, 1.82) is 0 Å². The van der Waals surface area contributed by atoms with E-state index in [1.807, 2.05) is 0 Å². The normalized spacial score (nSPS) is 43.2. The van der Waals surface area contributed by atoms with Crippen LogP contribution in [0.15, 0.2) is 48.0 Å². The van der Waals surface area contributed by atoms with Crippen LogP contribution in [0.1, 0.15) is 93.7 Å². The number of hydrogen-bond donors (Lipinski definition) is 0. The highest BCUT2D eigenvalue weighted by Crippen LogP contribution is 2.61. The third-order valence-electron chi connectivity index (χ3n) is 12.7. The molecule has 8 fully saturated rings. The van der Waals surface area contributed by atoms with Gasteiger partial charge in [0, 0.05) is 0 Å². The van der Waals surface area contributed by atoms with Crippen molar-refractivity contribution in [2.75, 3.05) is 0 Å². The molecule has 0 aliphatic heterocycles. The van der Waals surface area contributed by atoms with Gasteiger partial charge in [0.05, 0.1) is 0 Å². The fourth-order valence-electron chi connectivity index (χ4n) is 12.0. The van der Waals surface area contributed by atoms with Crippen molar-refractivity contribution < 1.29 is 0 Å². The number of benzene rings is 2. The van der Waals surface area contributed by atoms with E-state index >= 15 is 0 Å². The molecule has 11 rings (SSSR count). The Labute approximate surface area is 218 Å². The molecule has 0 radical (unpaired) electrons. The molecule has 0 atom stereocenters. The van der Waals surface area contributed by atoms with Gasteiger partial charge in [-0.1, -0.05) is 54.1 Å². The molecule has 2 aromatic rings. The van der Waals surface area contributed by atoms with Crippen molar-refractivity contribution in [1.82, 2.24) is 0 Å². The minimum atomic E-state index is 0.512. The molecule has 8 saturated carbocycles. The Hall–Kier alpha value is -1.82. The topological polar surface area (TPSA) is 0 Å². The molecule has 0 amide bonds. The zero-order chi connectivity index (χ0) is 23.4. The maximum atomic E-state index is 2.63. The Morgan fingerprint density at radius 3 is 1.89 bits per heavy atom. The van der Waals surface area contributed by atoms with Crippen LogP contribution in [0.2, 0.25) is 0 Å². The Bertz CT molecular complexity index is 1160. The van der Waals surface area contributed by atoms with Crippen molar-refractivity contribution >= 4 is 6.08 Å². The summed E-state index contributed by atoms with van der Waals surface area (Å²) in [5.41, 5.74) is 9.95. The maximum Gasteiger partial charge on any atom is -0.00391 e. The van der Waals surface area contributed by atoms with Gasteiger partial charge in [0.1, 0.15) is 0 Å². The average Bonchev–Trinajstić information content (AvgIpc) is 3.28. The Morgan fingerprint density at radius 1 is 0.639 bits per heavy atom. The molecule has 8 bridgehead atoms. The summed E-state index contributed by atoms with van der Waals surface area (Å²) in [5.74, 6) is 8.31. The molecule has 36 heavy (non-hydrogen) atoms. The molecule has 186 valence electrons. The van der Waals surface area contributed by atoms with Gasteiger partial charge in [-0.25, -0.2) is 0 Å². The lowest BCUT2D eigenvalue weighted by Crippen LogP contribution is -2.48. The smallest absolute Gasteiger partial charge is 0.00391 e. The summed E-state index contributed by atoms with van der Waals surface area (Å²) < 4.78 is 0. The number of hydrogen-bond acceptors (Lipinski definition) is 0. The lowest BCUT2D eigenvalue weighted by atomic mass is 9.48. The molecule has 9 aliphatic carbocycles. The van der Waals surface area contributed by atoms with Crippen LogP contribution in [-0.2, 0) is 11.8 Å². The van der Waals surface area contributed by atoms with Gasteiger partial charge < -0.3 is 0 Å². The van der Waals surface area contributed by atoms with Crippen LogP contribution in [-0.4, -0.2) is 0 Å². The SMILES string of the molecule is C1=C(CC2C3CC4CC(C3)CC2C4)Cc2cccc(-c3ccc(C45CC6CC(CC(C6)C4)C5)cc3)c21. The van der Waals surface area contributed by atoms with Gasteiger partial charge in [0.15, 0.2) is 0 Å². The first-order valence-corrected chi connectivity index (χ1v) is 15.6. The average molecular weight is 475 g/mol. The minimum absolute atomic E-state index is 0.512. The van der Waals surface area contributed by atoms with Gasteiger partial charge in [-0.05, 0) is 164 Å². The molecule has 0 heterocycles. The van der Waals surface area contributed by atoms with Crippen molar-refractivity contribution in [3.05, 3.63) is 64.7 Å². The fraction of sp³-hybridized carbons (Fsp3) is 0.611. The first-order valence-electron chi connectivity index (χ1n) is 15.6. The summed E-state index contributed by atoms with van der Waals surface area (Å²) in [7, 11) is 0. The highest BCUT2D eigenvalue weighted by Gasteiger charge is 2.51. The quantitative estimate of drug-likeness (QED) is 0.414. The summed E-state index contributed by atoms with van der Waals surface area (Å²) in [6.45, 7) is 0. The Kier molecular flexibility index (Phi) is 4.47. The van der Waals surface area contributed by atoms with Crippen molar-refractivity contribution in [2.24, 2.45) is 47.3 Å². The molecule has 2 aromatic carbocycles. The second-order valence-electron chi connectivity index (χ2n) is 14.9. The van der Waals surface area contributed by atoms with E-state index in [9.17, 15) is 0 Å². The zero-order valence-corrected chi connectivity index (χ0v) is 21.9.